The zero-order valence-corrected chi connectivity index (χ0v) is 17.8. The predicted octanol–water partition coefficient (Wildman–Crippen LogP) is 3.50. The molecule has 0 aliphatic carbocycles. The van der Waals surface area contributed by atoms with Crippen molar-refractivity contribution in [3.05, 3.63) is 51.9 Å². The second-order valence-electron chi connectivity index (χ2n) is 6.84. The van der Waals surface area contributed by atoms with Gasteiger partial charge in [-0.15, -0.1) is 0 Å². The summed E-state index contributed by atoms with van der Waals surface area (Å²) in [6.07, 6.45) is 2.50. The van der Waals surface area contributed by atoms with Gasteiger partial charge in [0.25, 0.3) is 11.5 Å². The minimum Gasteiger partial charge on any atom is -0.493 e. The summed E-state index contributed by atoms with van der Waals surface area (Å²) in [5, 5.41) is 4.26. The van der Waals surface area contributed by atoms with Crippen LogP contribution < -0.4 is 15.0 Å². The molecule has 158 valence electrons. The van der Waals surface area contributed by atoms with Crippen LogP contribution in [0.25, 0.3) is 0 Å². The lowest BCUT2D eigenvalue weighted by Gasteiger charge is -2.22. The van der Waals surface area contributed by atoms with Crippen molar-refractivity contribution in [1.29, 1.82) is 0 Å². The van der Waals surface area contributed by atoms with Crippen LogP contribution in [0, 0.1) is 0 Å². The van der Waals surface area contributed by atoms with Gasteiger partial charge >= 0.3 is 0 Å². The highest BCUT2D eigenvalue weighted by molar-refractivity contribution is 5.92. The van der Waals surface area contributed by atoms with Gasteiger partial charge in [-0.25, -0.2) is 4.68 Å². The average Bonchev–Trinajstić information content (AvgIpc) is 2.73. The first-order valence-electron chi connectivity index (χ1n) is 10.2. The fourth-order valence-electron chi connectivity index (χ4n) is 2.98. The molecule has 0 aliphatic rings. The van der Waals surface area contributed by atoms with E-state index in [9.17, 15) is 9.59 Å². The monoisotopic (exact) mass is 401 g/mol. The van der Waals surface area contributed by atoms with Crippen LogP contribution in [0.1, 0.15) is 56.1 Å². The topological polar surface area (TPSA) is 73.7 Å². The van der Waals surface area contributed by atoms with E-state index in [1.165, 1.54) is 16.8 Å². The molecule has 2 rings (SSSR count). The maximum atomic E-state index is 13.1. The Kier molecular flexibility index (Phi) is 8.70. The molecule has 1 aromatic heterocycles. The fourth-order valence-corrected chi connectivity index (χ4v) is 2.98. The number of benzene rings is 1. The average molecular weight is 402 g/mol. The number of amides is 1. The summed E-state index contributed by atoms with van der Waals surface area (Å²) in [5.41, 5.74) is 1.02. The van der Waals surface area contributed by atoms with Crippen LogP contribution in [0.3, 0.4) is 0 Å². The number of aryl methyl sites for hydroxylation is 1. The van der Waals surface area contributed by atoms with E-state index in [1.54, 1.807) is 12.0 Å². The highest BCUT2D eigenvalue weighted by Gasteiger charge is 2.19. The molecule has 0 saturated heterocycles. The molecule has 0 aliphatic heterocycles. The Morgan fingerprint density at radius 1 is 1.07 bits per heavy atom. The number of hydrogen-bond donors (Lipinski definition) is 0. The molecule has 2 aromatic rings. The van der Waals surface area contributed by atoms with Crippen molar-refractivity contribution in [3.8, 4) is 11.5 Å². The molecule has 1 aromatic carbocycles. The van der Waals surface area contributed by atoms with Crippen LogP contribution in [-0.2, 0) is 13.1 Å². The van der Waals surface area contributed by atoms with E-state index in [2.05, 4.69) is 5.10 Å². The third kappa shape index (κ3) is 6.07. The lowest BCUT2D eigenvalue weighted by Crippen LogP contribution is -2.34. The van der Waals surface area contributed by atoms with Crippen molar-refractivity contribution in [2.24, 2.45) is 0 Å². The van der Waals surface area contributed by atoms with Crippen molar-refractivity contribution >= 4 is 5.91 Å². The Hall–Kier alpha value is -2.83. The quantitative estimate of drug-likeness (QED) is 0.576. The van der Waals surface area contributed by atoms with Crippen molar-refractivity contribution in [2.45, 2.75) is 53.1 Å². The smallest absolute Gasteiger partial charge is 0.274 e. The van der Waals surface area contributed by atoms with Gasteiger partial charge in [0.05, 0.1) is 13.7 Å². The minimum atomic E-state index is -0.196. The molecule has 29 heavy (non-hydrogen) atoms. The largest absolute Gasteiger partial charge is 0.493 e. The van der Waals surface area contributed by atoms with Gasteiger partial charge in [0.15, 0.2) is 11.5 Å². The number of carbonyl (C=O) groups excluding carboxylic acids is 1. The minimum absolute atomic E-state index is 0.193. The van der Waals surface area contributed by atoms with Crippen LogP contribution in [0.5, 0.6) is 11.5 Å². The number of nitrogens with zero attached hydrogens (tertiary/aromatic N) is 3. The highest BCUT2D eigenvalue weighted by atomic mass is 16.5. The molecule has 0 atom stereocenters. The Labute approximate surface area is 172 Å². The van der Waals surface area contributed by atoms with E-state index in [4.69, 9.17) is 9.47 Å². The van der Waals surface area contributed by atoms with E-state index in [0.717, 1.165) is 24.8 Å². The third-order valence-electron chi connectivity index (χ3n) is 4.37. The first kappa shape index (κ1) is 22.5. The molecule has 0 bridgehead atoms. The number of rotatable bonds is 11. The van der Waals surface area contributed by atoms with E-state index in [-0.39, 0.29) is 17.2 Å². The number of aromatic nitrogens is 2. The lowest BCUT2D eigenvalue weighted by molar-refractivity contribution is 0.0734. The normalized spacial score (nSPS) is 10.6. The maximum Gasteiger partial charge on any atom is 0.274 e. The van der Waals surface area contributed by atoms with Gasteiger partial charge in [-0.05, 0) is 43.0 Å². The van der Waals surface area contributed by atoms with Crippen molar-refractivity contribution in [2.75, 3.05) is 20.3 Å². The second-order valence-corrected chi connectivity index (χ2v) is 6.84. The Bertz CT molecular complexity index is 863. The number of hydrogen-bond acceptors (Lipinski definition) is 5. The van der Waals surface area contributed by atoms with Crippen LogP contribution in [0.2, 0.25) is 0 Å². The van der Waals surface area contributed by atoms with Gasteiger partial charge in [0.1, 0.15) is 5.69 Å². The molecule has 0 saturated carbocycles. The standard InChI is InChI=1S/C22H31N3O4/c1-5-12-24(22(27)18-9-11-21(26)25(23-18)13-6-2)16-17-8-10-19(29-14-7-3)20(15-17)28-4/h8-11,15H,5-7,12-14,16H2,1-4H3. The molecule has 1 amide bonds. The Balaban J connectivity index is 2.24. The molecular weight excluding hydrogens is 370 g/mol. The zero-order chi connectivity index (χ0) is 21.2. The van der Waals surface area contributed by atoms with Gasteiger partial charge in [-0.1, -0.05) is 26.8 Å². The zero-order valence-electron chi connectivity index (χ0n) is 17.8. The summed E-state index contributed by atoms with van der Waals surface area (Å²) in [4.78, 5) is 26.7. The van der Waals surface area contributed by atoms with E-state index in [0.29, 0.717) is 37.7 Å². The molecule has 0 unspecified atom stereocenters. The molecule has 7 heteroatoms. The van der Waals surface area contributed by atoms with Crippen LogP contribution in [0.4, 0.5) is 0 Å². The Morgan fingerprint density at radius 2 is 1.86 bits per heavy atom. The van der Waals surface area contributed by atoms with Gasteiger partial charge in [0, 0.05) is 25.7 Å². The first-order valence-corrected chi connectivity index (χ1v) is 10.2. The molecule has 0 radical (unpaired) electrons. The maximum absolute atomic E-state index is 13.1. The van der Waals surface area contributed by atoms with Gasteiger partial charge < -0.3 is 14.4 Å². The van der Waals surface area contributed by atoms with E-state index < -0.39 is 0 Å². The van der Waals surface area contributed by atoms with Gasteiger partial charge in [-0.2, -0.15) is 5.10 Å². The summed E-state index contributed by atoms with van der Waals surface area (Å²) in [5.74, 6) is 1.15. The van der Waals surface area contributed by atoms with Crippen molar-refractivity contribution in [3.63, 3.8) is 0 Å². The van der Waals surface area contributed by atoms with Crippen LogP contribution in [0.15, 0.2) is 35.1 Å². The van der Waals surface area contributed by atoms with E-state index >= 15 is 0 Å². The van der Waals surface area contributed by atoms with Crippen molar-refractivity contribution in [1.82, 2.24) is 14.7 Å². The summed E-state index contributed by atoms with van der Waals surface area (Å²) >= 11 is 0. The van der Waals surface area contributed by atoms with Gasteiger partial charge in [-0.3, -0.25) is 9.59 Å². The van der Waals surface area contributed by atoms with Crippen LogP contribution >= 0.6 is 0 Å². The molecule has 7 nitrogen and oxygen atoms in total. The van der Waals surface area contributed by atoms with Crippen LogP contribution in [-0.4, -0.2) is 40.8 Å². The molecule has 0 fully saturated rings. The third-order valence-corrected chi connectivity index (χ3v) is 4.37. The van der Waals surface area contributed by atoms with E-state index in [1.807, 2.05) is 39.0 Å². The summed E-state index contributed by atoms with van der Waals surface area (Å²) in [6, 6.07) is 8.62. The summed E-state index contributed by atoms with van der Waals surface area (Å²) in [6.45, 7) is 8.16. The second kappa shape index (κ2) is 11.2. The first-order chi connectivity index (χ1) is 14.0. The summed E-state index contributed by atoms with van der Waals surface area (Å²) < 4.78 is 12.5. The predicted molar refractivity (Wildman–Crippen MR) is 113 cm³/mol. The lowest BCUT2D eigenvalue weighted by atomic mass is 10.1. The number of methoxy groups -OCH3 is 1. The fraction of sp³-hybridized carbons (Fsp3) is 0.500. The van der Waals surface area contributed by atoms with Gasteiger partial charge in [0.2, 0.25) is 0 Å². The van der Waals surface area contributed by atoms with Crippen molar-refractivity contribution < 1.29 is 14.3 Å². The Morgan fingerprint density at radius 3 is 2.52 bits per heavy atom. The SMILES string of the molecule is CCCOc1ccc(CN(CCC)C(=O)c2ccc(=O)n(CCC)n2)cc1OC. The number of ether oxygens (including phenoxy) is 2. The molecule has 1 heterocycles. The molecular formula is C22H31N3O4. The molecule has 0 spiro atoms. The number of carbonyl (C=O) groups is 1. The summed E-state index contributed by atoms with van der Waals surface area (Å²) in [7, 11) is 1.60. The highest BCUT2D eigenvalue weighted by Crippen LogP contribution is 2.29. The molecule has 0 N–H and O–H groups in total.